The highest BCUT2D eigenvalue weighted by Crippen LogP contribution is 2.24. The summed E-state index contributed by atoms with van der Waals surface area (Å²) in [7, 11) is 0. The summed E-state index contributed by atoms with van der Waals surface area (Å²) in [5.41, 5.74) is 6.24. The summed E-state index contributed by atoms with van der Waals surface area (Å²) in [5.74, 6) is -0.845. The highest BCUT2D eigenvalue weighted by Gasteiger charge is 1.98. The number of unbranched alkanes of at least 4 members (excludes halogenated alkanes) is 5. The van der Waals surface area contributed by atoms with Gasteiger partial charge in [-0.3, -0.25) is 4.79 Å². The van der Waals surface area contributed by atoms with E-state index in [0.717, 1.165) is 18.4 Å². The molecule has 0 aliphatic carbocycles. The first-order valence-electron chi connectivity index (χ1n) is 7.94. The van der Waals surface area contributed by atoms with Crippen molar-refractivity contribution in [2.45, 2.75) is 58.3 Å². The lowest BCUT2D eigenvalue weighted by Gasteiger charge is -2.00. The van der Waals surface area contributed by atoms with E-state index in [2.05, 4.69) is 6.92 Å². The fraction of sp³-hybridized carbons (Fsp3) is 0.588. The molecule has 1 aromatic rings. The van der Waals surface area contributed by atoms with Gasteiger partial charge in [0.2, 0.25) is 0 Å². The number of rotatable bonds is 9. The van der Waals surface area contributed by atoms with Crippen LogP contribution in [-0.4, -0.2) is 27.8 Å². The molecule has 0 atom stereocenters. The van der Waals surface area contributed by atoms with Crippen LogP contribution in [0.15, 0.2) is 18.2 Å². The van der Waals surface area contributed by atoms with Crippen molar-refractivity contribution in [2.75, 3.05) is 6.54 Å². The maximum absolute atomic E-state index is 10.1. The molecule has 0 spiro atoms. The Hall–Kier alpha value is -1.75. The molecule has 5 heteroatoms. The van der Waals surface area contributed by atoms with Gasteiger partial charge in [0.05, 0.1) is 0 Å². The largest absolute Gasteiger partial charge is 0.504 e. The van der Waals surface area contributed by atoms with Crippen LogP contribution in [0.2, 0.25) is 0 Å². The van der Waals surface area contributed by atoms with E-state index in [1.807, 2.05) is 0 Å². The van der Waals surface area contributed by atoms with Gasteiger partial charge in [-0.1, -0.05) is 45.1 Å². The molecule has 5 N–H and O–H groups in total. The zero-order chi connectivity index (χ0) is 16.8. The van der Waals surface area contributed by atoms with Gasteiger partial charge in [0.1, 0.15) is 0 Å². The number of phenols is 2. The lowest BCUT2D eigenvalue weighted by atomic mass is 10.1. The van der Waals surface area contributed by atoms with Crippen LogP contribution in [0.4, 0.5) is 0 Å². The van der Waals surface area contributed by atoms with Crippen LogP contribution in [-0.2, 0) is 11.2 Å². The summed E-state index contributed by atoms with van der Waals surface area (Å²) in [6.07, 6.45) is 7.97. The number of aliphatic carboxylic acids is 1. The number of carboxylic acid groups (broad SMARTS) is 1. The zero-order valence-corrected chi connectivity index (χ0v) is 13.4. The Kier molecular flexibility index (Phi) is 11.9. The maximum Gasteiger partial charge on any atom is 0.303 e. The predicted molar refractivity (Wildman–Crippen MR) is 88.2 cm³/mol. The average Bonchev–Trinajstić information content (AvgIpc) is 2.47. The number of benzene rings is 1. The smallest absolute Gasteiger partial charge is 0.303 e. The van der Waals surface area contributed by atoms with Gasteiger partial charge >= 0.3 is 5.97 Å². The molecule has 0 bridgehead atoms. The summed E-state index contributed by atoms with van der Waals surface area (Å²) in [6.45, 7) is 2.72. The molecule has 0 amide bonds. The minimum Gasteiger partial charge on any atom is -0.504 e. The topological polar surface area (TPSA) is 104 Å². The monoisotopic (exact) mass is 311 g/mol. The van der Waals surface area contributed by atoms with E-state index in [1.165, 1.54) is 37.8 Å². The second-order valence-electron chi connectivity index (χ2n) is 5.27. The van der Waals surface area contributed by atoms with Crippen molar-refractivity contribution < 1.29 is 20.1 Å². The third kappa shape index (κ3) is 11.0. The van der Waals surface area contributed by atoms with Crippen molar-refractivity contribution in [1.29, 1.82) is 0 Å². The number of hydrogen-bond acceptors (Lipinski definition) is 4. The number of phenolic OH excluding ortho intramolecular Hbond substituents is 2. The molecule has 0 saturated carbocycles. The molecule has 0 aromatic heterocycles. The maximum atomic E-state index is 10.1. The van der Waals surface area contributed by atoms with Crippen LogP contribution < -0.4 is 5.73 Å². The molecule has 0 saturated heterocycles. The van der Waals surface area contributed by atoms with E-state index in [4.69, 9.17) is 21.1 Å². The third-order valence-corrected chi connectivity index (χ3v) is 3.22. The number of carbonyl (C=O) groups is 1. The van der Waals surface area contributed by atoms with Crippen molar-refractivity contribution in [3.05, 3.63) is 23.8 Å². The summed E-state index contributed by atoms with van der Waals surface area (Å²) in [5, 5.41) is 26.3. The van der Waals surface area contributed by atoms with E-state index < -0.39 is 5.97 Å². The minimum atomic E-state index is -0.666. The van der Waals surface area contributed by atoms with Gasteiger partial charge in [0.15, 0.2) is 11.5 Å². The minimum absolute atomic E-state index is 0.0871. The molecule has 1 rings (SSSR count). The Balaban J connectivity index is 0.000000401. The normalized spacial score (nSPS) is 9.91. The van der Waals surface area contributed by atoms with E-state index >= 15 is 0 Å². The SMILES string of the molecule is CCCCCCCCC(=O)O.NCCc1ccc(O)c(O)c1. The molecule has 5 nitrogen and oxygen atoms in total. The molecule has 0 heterocycles. The highest BCUT2D eigenvalue weighted by atomic mass is 16.4. The van der Waals surface area contributed by atoms with Gasteiger partial charge in [-0.2, -0.15) is 0 Å². The number of aromatic hydroxyl groups is 2. The molecule has 126 valence electrons. The lowest BCUT2D eigenvalue weighted by molar-refractivity contribution is -0.137. The summed E-state index contributed by atoms with van der Waals surface area (Å²) in [4.78, 5) is 10.1. The van der Waals surface area contributed by atoms with Crippen molar-refractivity contribution in [2.24, 2.45) is 5.73 Å². The van der Waals surface area contributed by atoms with E-state index in [-0.39, 0.29) is 11.5 Å². The quantitative estimate of drug-likeness (QED) is 0.413. The first kappa shape index (κ1) is 20.2. The van der Waals surface area contributed by atoms with Crippen LogP contribution in [0.5, 0.6) is 11.5 Å². The Labute approximate surface area is 132 Å². The fourth-order valence-electron chi connectivity index (χ4n) is 1.95. The van der Waals surface area contributed by atoms with Gasteiger partial charge < -0.3 is 21.1 Å². The Morgan fingerprint density at radius 1 is 1.05 bits per heavy atom. The Morgan fingerprint density at radius 3 is 2.23 bits per heavy atom. The van der Waals surface area contributed by atoms with Crippen molar-refractivity contribution in [3.8, 4) is 11.5 Å². The van der Waals surface area contributed by atoms with Crippen molar-refractivity contribution >= 4 is 5.97 Å². The first-order chi connectivity index (χ1) is 10.5. The van der Waals surface area contributed by atoms with E-state index in [1.54, 1.807) is 6.07 Å². The van der Waals surface area contributed by atoms with Crippen LogP contribution in [0.25, 0.3) is 0 Å². The molecule has 0 aliphatic rings. The Morgan fingerprint density at radius 2 is 1.68 bits per heavy atom. The van der Waals surface area contributed by atoms with Crippen molar-refractivity contribution in [3.63, 3.8) is 0 Å². The first-order valence-corrected chi connectivity index (χ1v) is 7.94. The van der Waals surface area contributed by atoms with Crippen LogP contribution in [0, 0.1) is 0 Å². The van der Waals surface area contributed by atoms with Gasteiger partial charge in [-0.25, -0.2) is 0 Å². The molecule has 0 aliphatic heterocycles. The number of carboxylic acids is 1. The molecule has 0 radical (unpaired) electrons. The van der Waals surface area contributed by atoms with Gasteiger partial charge in [0, 0.05) is 6.42 Å². The molecule has 22 heavy (non-hydrogen) atoms. The molecule has 1 aromatic carbocycles. The predicted octanol–water partition coefficient (Wildman–Crippen LogP) is 3.42. The standard InChI is InChI=1S/C9H18O2.C8H11NO2/c1-2-3-4-5-6-7-8-9(10)11;9-4-3-6-1-2-7(10)8(11)5-6/h2-8H2,1H3,(H,10,11);1-2,5,10-11H,3-4,9H2. The second-order valence-corrected chi connectivity index (χ2v) is 5.27. The van der Waals surface area contributed by atoms with Gasteiger partial charge in [-0.15, -0.1) is 0 Å². The number of hydrogen-bond donors (Lipinski definition) is 4. The second kappa shape index (κ2) is 13.0. The van der Waals surface area contributed by atoms with Crippen LogP contribution in [0.1, 0.15) is 57.4 Å². The molecular weight excluding hydrogens is 282 g/mol. The Bertz CT molecular complexity index is 421. The summed E-state index contributed by atoms with van der Waals surface area (Å²) >= 11 is 0. The van der Waals surface area contributed by atoms with Crippen LogP contribution >= 0.6 is 0 Å². The number of nitrogens with two attached hydrogens (primary N) is 1. The third-order valence-electron chi connectivity index (χ3n) is 3.22. The molecule has 0 fully saturated rings. The lowest BCUT2D eigenvalue weighted by Crippen LogP contribution is -2.02. The van der Waals surface area contributed by atoms with E-state index in [9.17, 15) is 4.79 Å². The van der Waals surface area contributed by atoms with Gasteiger partial charge in [0.25, 0.3) is 0 Å². The fourth-order valence-corrected chi connectivity index (χ4v) is 1.95. The summed E-state index contributed by atoms with van der Waals surface area (Å²) < 4.78 is 0. The van der Waals surface area contributed by atoms with Crippen molar-refractivity contribution in [1.82, 2.24) is 0 Å². The molecule has 0 unspecified atom stereocenters. The van der Waals surface area contributed by atoms with Gasteiger partial charge in [-0.05, 0) is 37.1 Å². The molecular formula is C17H29NO4. The van der Waals surface area contributed by atoms with E-state index in [0.29, 0.717) is 19.4 Å². The highest BCUT2D eigenvalue weighted by molar-refractivity contribution is 5.66. The van der Waals surface area contributed by atoms with Crippen LogP contribution in [0.3, 0.4) is 0 Å². The summed E-state index contributed by atoms with van der Waals surface area (Å²) in [6, 6.07) is 4.71. The zero-order valence-electron chi connectivity index (χ0n) is 13.4. The average molecular weight is 311 g/mol.